The Labute approximate surface area is 69.3 Å². The van der Waals surface area contributed by atoms with Gasteiger partial charge in [-0.05, 0) is 0 Å². The first kappa shape index (κ1) is 1810. The summed E-state index contributed by atoms with van der Waals surface area (Å²) < 4.78 is 0. The van der Waals surface area contributed by atoms with Crippen LogP contribution in [0.5, 0.6) is 0 Å². The van der Waals surface area contributed by atoms with Gasteiger partial charge in [-0.15, -0.1) is 0 Å². The van der Waals surface area contributed by atoms with Gasteiger partial charge in [-0.2, -0.15) is 0 Å². The molecule has 9 heteroatoms. The van der Waals surface area contributed by atoms with E-state index in [4.69, 9.17) is 0 Å². The van der Waals surface area contributed by atoms with Crippen LogP contribution >= 0.6 is 40.5 Å². The maximum Gasteiger partial charge on any atom is 0 e. The predicted octanol–water partition coefficient (Wildman–Crippen LogP) is 2.86. The maximum atomic E-state index is 0. The fourth-order valence-electron chi connectivity index (χ4n) is 0. The standard InChI is InChI=1S/6FH.3S/h6*1H;;;. The van der Waals surface area contributed by atoms with E-state index in [1.807, 2.05) is 0 Å². The van der Waals surface area contributed by atoms with Crippen LogP contribution in [0.1, 0.15) is 0 Å². The SMILES string of the molecule is F.F.F.F.F.F.[S].[S].[S]. The molecule has 0 rings (SSSR count). The van der Waals surface area contributed by atoms with Crippen molar-refractivity contribution in [2.75, 3.05) is 0 Å². The van der Waals surface area contributed by atoms with E-state index in [1.165, 1.54) is 0 Å². The van der Waals surface area contributed by atoms with E-state index in [1.54, 1.807) is 0 Å². The largest absolute Gasteiger partial charge is 0.269 e. The molecule has 0 N–H and O–H groups in total. The lowest BCUT2D eigenvalue weighted by molar-refractivity contribution is 1.11. The van der Waals surface area contributed by atoms with Crippen LogP contribution in [0.25, 0.3) is 0 Å². The molecule has 0 fully saturated rings. The summed E-state index contributed by atoms with van der Waals surface area (Å²) in [5.74, 6) is 0. The molecule has 0 bridgehead atoms. The summed E-state index contributed by atoms with van der Waals surface area (Å²) in [5, 5.41) is 0. The van der Waals surface area contributed by atoms with Crippen molar-refractivity contribution in [1.29, 1.82) is 0 Å². The third-order valence-electron chi connectivity index (χ3n) is 0. The molecule has 0 heterocycles. The Bertz CT molecular complexity index is 8.26. The van der Waals surface area contributed by atoms with E-state index in [-0.39, 0.29) is 68.7 Å². The van der Waals surface area contributed by atoms with Gasteiger partial charge in [0.2, 0.25) is 0 Å². The predicted molar refractivity (Wildman–Crippen MR) is 37.8 cm³/mol. The first-order valence-electron chi connectivity index (χ1n) is 0. The summed E-state index contributed by atoms with van der Waals surface area (Å²) in [5.41, 5.74) is 0. The molecule has 0 nitrogen and oxygen atoms in total. The molecule has 6 radical (unpaired) electrons. The van der Waals surface area contributed by atoms with Crippen LogP contribution in [0, 0.1) is 0 Å². The summed E-state index contributed by atoms with van der Waals surface area (Å²) in [6, 6.07) is 0. The van der Waals surface area contributed by atoms with Crippen molar-refractivity contribution in [3.8, 4) is 0 Å². The van der Waals surface area contributed by atoms with Crippen molar-refractivity contribution in [2.45, 2.75) is 0 Å². The van der Waals surface area contributed by atoms with E-state index < -0.39 is 0 Å². The molecule has 0 aromatic heterocycles. The van der Waals surface area contributed by atoms with Crippen LogP contribution in [-0.4, -0.2) is 0 Å². The third kappa shape index (κ3) is 956. The summed E-state index contributed by atoms with van der Waals surface area (Å²) >= 11 is 0. The minimum atomic E-state index is 0. The zero-order chi connectivity index (χ0) is 0. The van der Waals surface area contributed by atoms with Gasteiger partial charge in [0.15, 0.2) is 0 Å². The third-order valence-corrected chi connectivity index (χ3v) is 0. The van der Waals surface area contributed by atoms with Crippen LogP contribution < -0.4 is 0 Å². The van der Waals surface area contributed by atoms with Gasteiger partial charge in [0.1, 0.15) is 0 Å². The van der Waals surface area contributed by atoms with Gasteiger partial charge in [-0.3, -0.25) is 28.2 Å². The molecule has 0 aliphatic rings. The van der Waals surface area contributed by atoms with Crippen molar-refractivity contribution in [2.24, 2.45) is 0 Å². The summed E-state index contributed by atoms with van der Waals surface area (Å²) in [4.78, 5) is 0. The molecule has 0 aromatic carbocycles. The molecular weight excluding hydrogens is 210 g/mol. The second-order valence-corrected chi connectivity index (χ2v) is 0. The molecule has 9 heavy (non-hydrogen) atoms. The summed E-state index contributed by atoms with van der Waals surface area (Å²) in [6.07, 6.45) is 0. The van der Waals surface area contributed by atoms with Gasteiger partial charge in [0.25, 0.3) is 0 Å². The lowest BCUT2D eigenvalue weighted by Crippen LogP contribution is 0.419. The van der Waals surface area contributed by atoms with E-state index in [2.05, 4.69) is 0 Å². The quantitative estimate of drug-likeness (QED) is 0.546. The second-order valence-electron chi connectivity index (χ2n) is 0. The summed E-state index contributed by atoms with van der Waals surface area (Å²) in [7, 11) is 0. The number of hydrogen-bond donors (Lipinski definition) is 0. The normalized spacial score (nSPS) is 0. The Hall–Kier alpha value is 0.630. The Kier molecular flexibility index (Phi) is 254000. The van der Waals surface area contributed by atoms with Crippen molar-refractivity contribution >= 4 is 40.5 Å². The first-order valence-corrected chi connectivity index (χ1v) is 0. The smallest absolute Gasteiger partial charge is 0 e. The zero-order valence-electron chi connectivity index (χ0n) is 3.67. The van der Waals surface area contributed by atoms with Gasteiger partial charge in [0.05, 0.1) is 0 Å². The lowest BCUT2D eigenvalue weighted by atomic mass is 19.0. The summed E-state index contributed by atoms with van der Waals surface area (Å²) in [6.45, 7) is 0. The van der Waals surface area contributed by atoms with E-state index in [0.717, 1.165) is 0 Å². The van der Waals surface area contributed by atoms with E-state index in [0.29, 0.717) is 0 Å². The number of halogens is 6. The fourth-order valence-corrected chi connectivity index (χ4v) is 0. The molecular formula is H6F6S3. The average molecular weight is 216 g/mol. The first-order chi connectivity index (χ1) is 0. The molecule has 0 aliphatic carbocycles. The van der Waals surface area contributed by atoms with Crippen LogP contribution in [0.15, 0.2) is 0 Å². The second kappa shape index (κ2) is 1270. The van der Waals surface area contributed by atoms with Crippen molar-refractivity contribution < 1.29 is 28.2 Å². The van der Waals surface area contributed by atoms with Gasteiger partial charge < -0.3 is 0 Å². The van der Waals surface area contributed by atoms with Crippen molar-refractivity contribution in [3.63, 3.8) is 0 Å². The van der Waals surface area contributed by atoms with Gasteiger partial charge >= 0.3 is 0 Å². The highest BCUT2D eigenvalue weighted by atomic mass is 32.1. The van der Waals surface area contributed by atoms with Crippen molar-refractivity contribution in [3.05, 3.63) is 0 Å². The molecule has 0 saturated carbocycles. The molecule has 0 aliphatic heterocycles. The molecule has 0 amide bonds. The Morgan fingerprint density at radius 1 is 0.222 bits per heavy atom. The number of rotatable bonds is 0. The van der Waals surface area contributed by atoms with Gasteiger partial charge in [-0.25, -0.2) is 0 Å². The maximum absolute atomic E-state index is 0. The van der Waals surface area contributed by atoms with Gasteiger partial charge in [-0.1, -0.05) is 0 Å². The monoisotopic (exact) mass is 216 g/mol. The van der Waals surface area contributed by atoms with Crippen LogP contribution in [0.3, 0.4) is 0 Å². The molecule has 66 valence electrons. The molecule has 0 saturated heterocycles. The Balaban J connectivity index is 0. The van der Waals surface area contributed by atoms with Crippen LogP contribution in [0.2, 0.25) is 0 Å². The highest BCUT2D eigenvalue weighted by molar-refractivity contribution is 7.59. The van der Waals surface area contributed by atoms with Crippen LogP contribution in [0.4, 0.5) is 28.2 Å². The molecule has 0 atom stereocenters. The minimum absolute atomic E-state index is 0. The molecule has 0 spiro atoms. The van der Waals surface area contributed by atoms with Crippen molar-refractivity contribution in [1.82, 2.24) is 0 Å². The van der Waals surface area contributed by atoms with Crippen LogP contribution in [-0.2, 0) is 0 Å². The fraction of sp³-hybridized carbons (Fsp3) is 0. The highest BCUT2D eigenvalue weighted by Crippen LogP contribution is 0.650. The zero-order valence-corrected chi connectivity index (χ0v) is 6.12. The molecule has 0 unspecified atom stereocenters. The Morgan fingerprint density at radius 3 is 0.222 bits per heavy atom. The van der Waals surface area contributed by atoms with E-state index in [9.17, 15) is 0 Å². The number of hydrogen-bond acceptors (Lipinski definition) is 0. The highest BCUT2D eigenvalue weighted by Gasteiger charge is 0.00207. The Morgan fingerprint density at radius 2 is 0.222 bits per heavy atom. The average Bonchev–Trinajstić information content (AvgIpc) is 0. The lowest BCUT2D eigenvalue weighted by Gasteiger charge is -0.270. The van der Waals surface area contributed by atoms with Gasteiger partial charge in [0, 0.05) is 40.5 Å². The minimum Gasteiger partial charge on any atom is -0.269 e. The topological polar surface area (TPSA) is 0 Å². The molecule has 0 aromatic rings. The van der Waals surface area contributed by atoms with E-state index >= 15 is 0 Å².